The molecule has 0 aromatic carbocycles. The summed E-state index contributed by atoms with van der Waals surface area (Å²) in [6.07, 6.45) is 3.47. The highest BCUT2D eigenvalue weighted by molar-refractivity contribution is 5.79. The third-order valence-electron chi connectivity index (χ3n) is 4.65. The Labute approximate surface area is 139 Å². The first-order valence-corrected chi connectivity index (χ1v) is 8.16. The standard InChI is InChI=1S/C17H22N4O3/c1-10-14(17(24)21-20-10)9-16(23)19-15(11-6-13(22)7-11)8-12-4-2-3-5-18-12/h2-5,11,13,15,22H,6-9H2,1H3,(H,19,23)(H2,20,21,24)/t11?,13?,15-/m0/s1. The number of carbonyl (C=O) groups is 1. The summed E-state index contributed by atoms with van der Waals surface area (Å²) in [6.45, 7) is 1.76. The van der Waals surface area contributed by atoms with E-state index in [0.717, 1.165) is 5.69 Å². The number of nitrogens with one attached hydrogen (secondary N) is 3. The number of hydrogen-bond donors (Lipinski definition) is 4. The lowest BCUT2D eigenvalue weighted by Gasteiger charge is -2.38. The van der Waals surface area contributed by atoms with E-state index >= 15 is 0 Å². The highest BCUT2D eigenvalue weighted by Gasteiger charge is 2.35. The molecule has 0 saturated heterocycles. The molecule has 7 heteroatoms. The fraction of sp³-hybridized carbons (Fsp3) is 0.471. The Morgan fingerprint density at radius 3 is 2.79 bits per heavy atom. The van der Waals surface area contributed by atoms with E-state index in [-0.39, 0.29) is 36.0 Å². The summed E-state index contributed by atoms with van der Waals surface area (Å²) >= 11 is 0. The Kier molecular flexibility index (Phi) is 4.80. The van der Waals surface area contributed by atoms with E-state index in [9.17, 15) is 14.7 Å². The van der Waals surface area contributed by atoms with Crippen molar-refractivity contribution in [2.75, 3.05) is 0 Å². The van der Waals surface area contributed by atoms with Crippen LogP contribution in [0.5, 0.6) is 0 Å². The van der Waals surface area contributed by atoms with Gasteiger partial charge in [0.25, 0.3) is 5.56 Å². The summed E-state index contributed by atoms with van der Waals surface area (Å²) < 4.78 is 0. The summed E-state index contributed by atoms with van der Waals surface area (Å²) in [5.41, 5.74) is 1.77. The van der Waals surface area contributed by atoms with E-state index in [1.807, 2.05) is 18.2 Å². The van der Waals surface area contributed by atoms with Crippen LogP contribution in [0.2, 0.25) is 0 Å². The number of aliphatic hydroxyl groups excluding tert-OH is 1. The molecule has 1 amide bonds. The SMILES string of the molecule is Cc1[nH][nH]c(=O)c1CC(=O)N[C@@H](Cc1ccccn1)C1CC(O)C1. The van der Waals surface area contributed by atoms with Gasteiger partial charge < -0.3 is 15.5 Å². The van der Waals surface area contributed by atoms with Gasteiger partial charge in [0.1, 0.15) is 0 Å². The summed E-state index contributed by atoms with van der Waals surface area (Å²) in [4.78, 5) is 28.4. The van der Waals surface area contributed by atoms with Crippen molar-refractivity contribution >= 4 is 5.91 Å². The van der Waals surface area contributed by atoms with Gasteiger partial charge in [-0.15, -0.1) is 0 Å². The van der Waals surface area contributed by atoms with Crippen LogP contribution in [0, 0.1) is 12.8 Å². The number of aryl methyl sites for hydroxylation is 1. The first-order chi connectivity index (χ1) is 11.5. The largest absolute Gasteiger partial charge is 0.393 e. The third kappa shape index (κ3) is 3.73. The molecule has 1 fully saturated rings. The molecule has 7 nitrogen and oxygen atoms in total. The predicted octanol–water partition coefficient (Wildman–Crippen LogP) is 0.447. The minimum absolute atomic E-state index is 0.0403. The van der Waals surface area contributed by atoms with Gasteiger partial charge >= 0.3 is 0 Å². The molecule has 0 spiro atoms. The molecule has 0 radical (unpaired) electrons. The highest BCUT2D eigenvalue weighted by atomic mass is 16.3. The van der Waals surface area contributed by atoms with Crippen molar-refractivity contribution in [3.63, 3.8) is 0 Å². The van der Waals surface area contributed by atoms with E-state index in [1.54, 1.807) is 13.1 Å². The number of carbonyl (C=O) groups excluding carboxylic acids is 1. The molecule has 2 heterocycles. The molecule has 128 valence electrons. The fourth-order valence-electron chi connectivity index (χ4n) is 3.14. The van der Waals surface area contributed by atoms with Gasteiger partial charge in [-0.05, 0) is 37.8 Å². The topological polar surface area (TPSA) is 111 Å². The van der Waals surface area contributed by atoms with Gasteiger partial charge in [-0.2, -0.15) is 0 Å². The van der Waals surface area contributed by atoms with Crippen LogP contribution in [0.3, 0.4) is 0 Å². The Morgan fingerprint density at radius 2 is 2.21 bits per heavy atom. The predicted molar refractivity (Wildman–Crippen MR) is 88.5 cm³/mol. The maximum absolute atomic E-state index is 12.4. The van der Waals surface area contributed by atoms with Gasteiger partial charge in [0.15, 0.2) is 0 Å². The van der Waals surface area contributed by atoms with Crippen molar-refractivity contribution < 1.29 is 9.90 Å². The number of aliphatic hydroxyl groups is 1. The lowest BCUT2D eigenvalue weighted by atomic mass is 9.76. The summed E-state index contributed by atoms with van der Waals surface area (Å²) in [6, 6.07) is 5.61. The number of aromatic nitrogens is 3. The number of amides is 1. The molecule has 2 aromatic rings. The van der Waals surface area contributed by atoms with Crippen molar-refractivity contribution in [3.05, 3.63) is 51.7 Å². The maximum atomic E-state index is 12.4. The number of hydrogen-bond acceptors (Lipinski definition) is 4. The van der Waals surface area contributed by atoms with E-state index in [2.05, 4.69) is 20.5 Å². The van der Waals surface area contributed by atoms with Crippen molar-refractivity contribution in [2.45, 2.75) is 44.8 Å². The molecular weight excluding hydrogens is 308 g/mol. The van der Waals surface area contributed by atoms with Gasteiger partial charge in [-0.3, -0.25) is 19.7 Å². The van der Waals surface area contributed by atoms with Crippen LogP contribution in [0.4, 0.5) is 0 Å². The van der Waals surface area contributed by atoms with Crippen LogP contribution < -0.4 is 10.9 Å². The van der Waals surface area contributed by atoms with Crippen LogP contribution in [-0.4, -0.2) is 38.3 Å². The lowest BCUT2D eigenvalue weighted by Crippen LogP contribution is -2.48. The molecule has 1 atom stereocenters. The van der Waals surface area contributed by atoms with Crippen LogP contribution in [-0.2, 0) is 17.6 Å². The lowest BCUT2D eigenvalue weighted by molar-refractivity contribution is -0.122. The number of pyridine rings is 1. The van der Waals surface area contributed by atoms with Crippen molar-refractivity contribution in [2.24, 2.45) is 5.92 Å². The monoisotopic (exact) mass is 330 g/mol. The highest BCUT2D eigenvalue weighted by Crippen LogP contribution is 2.31. The average Bonchev–Trinajstić information content (AvgIpc) is 2.84. The Morgan fingerprint density at radius 1 is 1.42 bits per heavy atom. The van der Waals surface area contributed by atoms with E-state index in [4.69, 9.17) is 0 Å². The molecular formula is C17H22N4O3. The second-order valence-electron chi connectivity index (χ2n) is 6.44. The minimum Gasteiger partial charge on any atom is -0.393 e. The number of H-pyrrole nitrogens is 2. The zero-order chi connectivity index (χ0) is 17.1. The molecule has 1 aliphatic carbocycles. The summed E-state index contributed by atoms with van der Waals surface area (Å²) in [7, 11) is 0. The second kappa shape index (κ2) is 7.00. The third-order valence-corrected chi connectivity index (χ3v) is 4.65. The Bertz CT molecular complexity index is 747. The molecule has 1 aliphatic rings. The van der Waals surface area contributed by atoms with Crippen molar-refractivity contribution in [1.82, 2.24) is 20.5 Å². The zero-order valence-electron chi connectivity index (χ0n) is 13.6. The molecule has 4 N–H and O–H groups in total. The molecule has 1 saturated carbocycles. The van der Waals surface area contributed by atoms with Crippen molar-refractivity contribution in [3.8, 4) is 0 Å². The van der Waals surface area contributed by atoms with Gasteiger partial charge in [0.2, 0.25) is 5.91 Å². The van der Waals surface area contributed by atoms with Crippen LogP contribution >= 0.6 is 0 Å². The molecule has 0 bridgehead atoms. The van der Waals surface area contributed by atoms with Crippen LogP contribution in [0.15, 0.2) is 29.2 Å². The first kappa shape index (κ1) is 16.4. The molecule has 3 rings (SSSR count). The minimum atomic E-state index is -0.284. The van der Waals surface area contributed by atoms with E-state index in [0.29, 0.717) is 30.5 Å². The van der Waals surface area contributed by atoms with Crippen LogP contribution in [0.1, 0.15) is 29.8 Å². The first-order valence-electron chi connectivity index (χ1n) is 8.16. The normalized spacial score (nSPS) is 21.1. The van der Waals surface area contributed by atoms with Gasteiger partial charge in [-0.25, -0.2) is 0 Å². The summed E-state index contributed by atoms with van der Waals surface area (Å²) in [5.74, 6) is 0.0436. The van der Waals surface area contributed by atoms with Gasteiger partial charge in [-0.1, -0.05) is 6.07 Å². The number of rotatable bonds is 6. The Hall–Kier alpha value is -2.41. The molecule has 0 unspecified atom stereocenters. The zero-order valence-corrected chi connectivity index (χ0v) is 13.6. The number of aromatic amines is 2. The second-order valence-corrected chi connectivity index (χ2v) is 6.44. The molecule has 24 heavy (non-hydrogen) atoms. The maximum Gasteiger partial charge on any atom is 0.267 e. The fourth-order valence-corrected chi connectivity index (χ4v) is 3.14. The quantitative estimate of drug-likeness (QED) is 0.616. The van der Waals surface area contributed by atoms with E-state index in [1.165, 1.54) is 0 Å². The summed E-state index contributed by atoms with van der Waals surface area (Å²) in [5, 5.41) is 17.8. The van der Waals surface area contributed by atoms with Crippen molar-refractivity contribution in [1.29, 1.82) is 0 Å². The van der Waals surface area contributed by atoms with Gasteiger partial charge in [0, 0.05) is 35.6 Å². The molecule has 0 aliphatic heterocycles. The average molecular weight is 330 g/mol. The smallest absolute Gasteiger partial charge is 0.267 e. The number of nitrogens with zero attached hydrogens (tertiary/aromatic N) is 1. The Balaban J connectivity index is 1.67. The van der Waals surface area contributed by atoms with Gasteiger partial charge in [0.05, 0.1) is 12.5 Å². The van der Waals surface area contributed by atoms with E-state index < -0.39 is 0 Å². The van der Waals surface area contributed by atoms with Crippen LogP contribution in [0.25, 0.3) is 0 Å². The molecule has 2 aromatic heterocycles.